The Bertz CT molecular complexity index is 2650. The van der Waals surface area contributed by atoms with Crippen molar-refractivity contribution in [3.05, 3.63) is 204 Å². The van der Waals surface area contributed by atoms with Gasteiger partial charge >= 0.3 is 0 Å². The van der Waals surface area contributed by atoms with Crippen LogP contribution in [0.25, 0.3) is 55.0 Å². The van der Waals surface area contributed by atoms with Crippen molar-refractivity contribution in [2.45, 2.75) is 5.41 Å². The summed E-state index contributed by atoms with van der Waals surface area (Å²) in [5, 5.41) is 8.38. The Kier molecular flexibility index (Phi) is 6.13. The van der Waals surface area contributed by atoms with Gasteiger partial charge in [-0.2, -0.15) is 0 Å². The first-order valence-electron chi connectivity index (χ1n) is 16.8. The van der Waals surface area contributed by atoms with E-state index in [-0.39, 0.29) is 0 Å². The van der Waals surface area contributed by atoms with Crippen molar-refractivity contribution < 1.29 is 4.42 Å². The predicted molar refractivity (Wildman–Crippen MR) is 204 cm³/mol. The van der Waals surface area contributed by atoms with Crippen LogP contribution in [-0.4, -0.2) is 0 Å². The van der Waals surface area contributed by atoms with Gasteiger partial charge in [-0.1, -0.05) is 152 Å². The maximum Gasteiger partial charge on any atom is 0.143 e. The Balaban J connectivity index is 1.10. The molecular weight excluding hydrogens is 595 g/mol. The number of nitrogens with one attached hydrogen (secondary N) is 1. The Morgan fingerprint density at radius 2 is 1.02 bits per heavy atom. The smallest absolute Gasteiger partial charge is 0.143 e. The maximum atomic E-state index is 6.68. The summed E-state index contributed by atoms with van der Waals surface area (Å²) in [5.74, 6) is 0. The quantitative estimate of drug-likeness (QED) is 0.206. The fraction of sp³-hybridized carbons (Fsp3) is 0.0213. The van der Waals surface area contributed by atoms with Crippen LogP contribution in [0, 0.1) is 0 Å². The van der Waals surface area contributed by atoms with Crippen molar-refractivity contribution in [1.29, 1.82) is 0 Å². The second-order valence-electron chi connectivity index (χ2n) is 12.9. The molecule has 10 rings (SSSR count). The molecule has 0 unspecified atom stereocenters. The zero-order valence-corrected chi connectivity index (χ0v) is 26.7. The van der Waals surface area contributed by atoms with Crippen molar-refractivity contribution in [2.24, 2.45) is 0 Å². The van der Waals surface area contributed by atoms with Gasteiger partial charge in [0, 0.05) is 33.1 Å². The summed E-state index contributed by atoms with van der Waals surface area (Å²) in [6, 6.07) is 65.5. The van der Waals surface area contributed by atoms with E-state index in [1.54, 1.807) is 0 Å². The van der Waals surface area contributed by atoms with Gasteiger partial charge in [0.2, 0.25) is 0 Å². The Morgan fingerprint density at radius 3 is 1.86 bits per heavy atom. The van der Waals surface area contributed by atoms with Gasteiger partial charge in [-0.15, -0.1) is 0 Å². The third-order valence-electron chi connectivity index (χ3n) is 10.3. The Morgan fingerprint density at radius 1 is 0.388 bits per heavy atom. The van der Waals surface area contributed by atoms with E-state index in [1.165, 1.54) is 38.8 Å². The molecule has 1 aliphatic carbocycles. The van der Waals surface area contributed by atoms with Crippen LogP contribution >= 0.6 is 0 Å². The highest BCUT2D eigenvalue weighted by molar-refractivity contribution is 6.17. The van der Waals surface area contributed by atoms with Crippen LogP contribution in [-0.2, 0) is 5.41 Å². The molecule has 9 aromatic rings. The molecule has 1 aromatic heterocycles. The maximum absolute atomic E-state index is 6.68. The monoisotopic (exact) mass is 625 g/mol. The summed E-state index contributed by atoms with van der Waals surface area (Å²) in [6.45, 7) is 0. The van der Waals surface area contributed by atoms with Crippen molar-refractivity contribution in [2.75, 3.05) is 5.32 Å². The zero-order valence-electron chi connectivity index (χ0n) is 26.7. The summed E-state index contributed by atoms with van der Waals surface area (Å²) >= 11 is 0. The molecule has 8 aromatic carbocycles. The van der Waals surface area contributed by atoms with E-state index in [9.17, 15) is 0 Å². The highest BCUT2D eigenvalue weighted by Gasteiger charge is 2.46. The lowest BCUT2D eigenvalue weighted by molar-refractivity contribution is 0.674. The first-order valence-corrected chi connectivity index (χ1v) is 16.8. The minimum atomic E-state index is -0.435. The van der Waals surface area contributed by atoms with Crippen LogP contribution in [0.15, 0.2) is 186 Å². The van der Waals surface area contributed by atoms with Crippen molar-refractivity contribution in [3.63, 3.8) is 0 Å². The summed E-state index contributed by atoms with van der Waals surface area (Å²) in [5.41, 5.74) is 13.4. The molecule has 0 fully saturated rings. The summed E-state index contributed by atoms with van der Waals surface area (Å²) in [6.07, 6.45) is 0. The molecule has 2 heteroatoms. The Hall–Kier alpha value is -6.38. The van der Waals surface area contributed by atoms with E-state index in [1.807, 2.05) is 0 Å². The summed E-state index contributed by atoms with van der Waals surface area (Å²) < 4.78 is 6.68. The molecule has 1 aliphatic rings. The van der Waals surface area contributed by atoms with Crippen LogP contribution in [0.2, 0.25) is 0 Å². The van der Waals surface area contributed by atoms with Gasteiger partial charge in [0.1, 0.15) is 11.2 Å². The molecule has 49 heavy (non-hydrogen) atoms. The van der Waals surface area contributed by atoms with Gasteiger partial charge in [0.25, 0.3) is 0 Å². The molecule has 230 valence electrons. The van der Waals surface area contributed by atoms with Crippen LogP contribution in [0.3, 0.4) is 0 Å². The number of hydrogen-bond donors (Lipinski definition) is 1. The second kappa shape index (κ2) is 10.8. The standard InChI is InChI=1S/C47H31NO/c1-3-15-33(16-4-1)47(34-17-5-2-6-18-34)43-24-10-9-21-39(43)40-28-26-36(30-44(40)47)48-35-19-11-14-32(29-35)38-22-12-23-41-42-27-25-31-13-7-8-20-37(31)45(42)49-46(38)41/h1-30,48H. The number of fused-ring (bicyclic) bond motifs is 8. The van der Waals surface area contributed by atoms with Crippen LogP contribution in [0.5, 0.6) is 0 Å². The highest BCUT2D eigenvalue weighted by Crippen LogP contribution is 2.56. The molecule has 1 heterocycles. The van der Waals surface area contributed by atoms with E-state index in [0.29, 0.717) is 0 Å². The lowest BCUT2D eigenvalue weighted by Gasteiger charge is -2.34. The molecule has 0 amide bonds. The van der Waals surface area contributed by atoms with Gasteiger partial charge in [0.05, 0.1) is 5.41 Å². The number of anilines is 2. The molecule has 0 saturated carbocycles. The molecule has 0 spiro atoms. The zero-order chi connectivity index (χ0) is 32.4. The minimum Gasteiger partial charge on any atom is -0.455 e. The van der Waals surface area contributed by atoms with Crippen LogP contribution < -0.4 is 5.32 Å². The van der Waals surface area contributed by atoms with Crippen LogP contribution in [0.1, 0.15) is 22.3 Å². The lowest BCUT2D eigenvalue weighted by atomic mass is 9.67. The average Bonchev–Trinajstić information content (AvgIpc) is 3.70. The average molecular weight is 626 g/mol. The normalized spacial score (nSPS) is 13.1. The molecule has 0 saturated heterocycles. The first-order chi connectivity index (χ1) is 24.3. The molecule has 0 bridgehead atoms. The summed E-state index contributed by atoms with van der Waals surface area (Å²) in [7, 11) is 0. The Labute approximate surface area is 284 Å². The van der Waals surface area contributed by atoms with E-state index < -0.39 is 5.41 Å². The highest BCUT2D eigenvalue weighted by atomic mass is 16.3. The SMILES string of the molecule is c1ccc(C2(c3ccccc3)c3ccccc3-c3ccc(Nc4cccc(-c5cccc6c5oc5c7ccccc7ccc65)c4)cc32)cc1. The van der Waals surface area contributed by atoms with Crippen molar-refractivity contribution in [3.8, 4) is 22.3 Å². The van der Waals surface area contributed by atoms with E-state index in [4.69, 9.17) is 4.42 Å². The largest absolute Gasteiger partial charge is 0.455 e. The third-order valence-corrected chi connectivity index (χ3v) is 10.3. The third kappa shape index (κ3) is 4.14. The molecule has 0 radical (unpaired) electrons. The van der Waals surface area contributed by atoms with Gasteiger partial charge in [-0.05, 0) is 74.7 Å². The van der Waals surface area contributed by atoms with Crippen molar-refractivity contribution in [1.82, 2.24) is 0 Å². The summed E-state index contributed by atoms with van der Waals surface area (Å²) in [4.78, 5) is 0. The lowest BCUT2D eigenvalue weighted by Crippen LogP contribution is -2.28. The fourth-order valence-corrected chi connectivity index (χ4v) is 8.21. The number of hydrogen-bond acceptors (Lipinski definition) is 2. The molecule has 1 N–H and O–H groups in total. The van der Waals surface area contributed by atoms with Gasteiger partial charge in [-0.25, -0.2) is 0 Å². The predicted octanol–water partition coefficient (Wildman–Crippen LogP) is 12.5. The first kappa shape index (κ1) is 27.7. The van der Waals surface area contributed by atoms with Gasteiger partial charge in [0.15, 0.2) is 0 Å². The van der Waals surface area contributed by atoms with E-state index in [2.05, 4.69) is 187 Å². The van der Waals surface area contributed by atoms with E-state index >= 15 is 0 Å². The van der Waals surface area contributed by atoms with Gasteiger partial charge < -0.3 is 9.73 Å². The van der Waals surface area contributed by atoms with Crippen molar-refractivity contribution >= 4 is 44.1 Å². The number of benzene rings is 8. The number of furan rings is 1. The van der Waals surface area contributed by atoms with Gasteiger partial charge in [-0.3, -0.25) is 0 Å². The van der Waals surface area contributed by atoms with E-state index in [0.717, 1.165) is 49.8 Å². The topological polar surface area (TPSA) is 25.2 Å². The number of para-hydroxylation sites is 1. The molecule has 0 atom stereocenters. The van der Waals surface area contributed by atoms with Crippen LogP contribution in [0.4, 0.5) is 11.4 Å². The molecular formula is C47H31NO. The second-order valence-corrected chi connectivity index (χ2v) is 12.9. The number of rotatable bonds is 5. The minimum absolute atomic E-state index is 0.435. The molecule has 2 nitrogen and oxygen atoms in total. The molecule has 0 aliphatic heterocycles. The fourth-order valence-electron chi connectivity index (χ4n) is 8.21.